The number of hydrogen-bond donors (Lipinski definition) is 1. The van der Waals surface area contributed by atoms with Gasteiger partial charge in [-0.2, -0.15) is 0 Å². The summed E-state index contributed by atoms with van der Waals surface area (Å²) >= 11 is 0. The highest BCUT2D eigenvalue weighted by molar-refractivity contribution is 5.96. The molecule has 0 saturated carbocycles. The molecule has 112 valence electrons. The van der Waals surface area contributed by atoms with Crippen LogP contribution in [0.3, 0.4) is 0 Å². The zero-order valence-electron chi connectivity index (χ0n) is 12.9. The van der Waals surface area contributed by atoms with Gasteiger partial charge in [0.2, 0.25) is 0 Å². The summed E-state index contributed by atoms with van der Waals surface area (Å²) < 4.78 is 1.96. The summed E-state index contributed by atoms with van der Waals surface area (Å²) in [6.07, 6.45) is 3.66. The molecule has 0 aliphatic heterocycles. The Hall–Kier alpha value is -2.50. The monoisotopic (exact) mass is 287 g/mol. The molecule has 0 aliphatic rings. The van der Waals surface area contributed by atoms with Crippen molar-refractivity contribution in [2.75, 3.05) is 31.8 Å². The lowest BCUT2D eigenvalue weighted by Crippen LogP contribution is -2.23. The van der Waals surface area contributed by atoms with Crippen LogP contribution in [0.25, 0.3) is 0 Å². The molecule has 1 aromatic carbocycles. The number of nitrogens with two attached hydrogens (primary N) is 1. The van der Waals surface area contributed by atoms with Gasteiger partial charge in [-0.3, -0.25) is 4.79 Å². The molecule has 0 aliphatic carbocycles. The Morgan fingerprint density at radius 1 is 1.33 bits per heavy atom. The molecule has 1 aromatic heterocycles. The van der Waals surface area contributed by atoms with Gasteiger partial charge in [-0.25, -0.2) is 4.98 Å². The third-order valence-corrected chi connectivity index (χ3v) is 3.39. The van der Waals surface area contributed by atoms with Crippen LogP contribution in [0.5, 0.6) is 0 Å². The molecule has 0 bridgehead atoms. The highest BCUT2D eigenvalue weighted by Gasteiger charge is 2.13. The first kappa shape index (κ1) is 14.9. The van der Waals surface area contributed by atoms with E-state index in [1.807, 2.05) is 35.8 Å². The Labute approximate surface area is 124 Å². The number of anilines is 2. The quantitative estimate of drug-likeness (QED) is 0.862. The topological polar surface area (TPSA) is 67.4 Å². The van der Waals surface area contributed by atoms with E-state index in [2.05, 4.69) is 4.98 Å². The smallest absolute Gasteiger partial charge is 0.253 e. The Bertz CT molecular complexity index is 647. The molecule has 0 fully saturated rings. The maximum atomic E-state index is 12.1. The van der Waals surface area contributed by atoms with Crippen molar-refractivity contribution in [3.05, 3.63) is 42.0 Å². The molecule has 6 nitrogen and oxygen atoms in total. The van der Waals surface area contributed by atoms with E-state index in [4.69, 9.17) is 5.73 Å². The summed E-state index contributed by atoms with van der Waals surface area (Å²) in [4.78, 5) is 19.9. The highest BCUT2D eigenvalue weighted by Crippen LogP contribution is 2.25. The molecule has 2 rings (SSSR count). The normalized spacial score (nSPS) is 10.5. The zero-order valence-corrected chi connectivity index (χ0v) is 12.9. The van der Waals surface area contributed by atoms with Crippen LogP contribution in [-0.2, 0) is 13.6 Å². The molecule has 2 aromatic rings. The van der Waals surface area contributed by atoms with E-state index < -0.39 is 0 Å². The molecule has 0 unspecified atom stereocenters. The van der Waals surface area contributed by atoms with E-state index in [0.29, 0.717) is 17.8 Å². The van der Waals surface area contributed by atoms with Gasteiger partial charge in [0.05, 0.1) is 17.9 Å². The minimum absolute atomic E-state index is 0.0401. The number of imidazole rings is 1. The highest BCUT2D eigenvalue weighted by atomic mass is 16.2. The minimum Gasteiger partial charge on any atom is -0.397 e. The molecule has 2 N–H and O–H groups in total. The molecule has 0 radical (unpaired) electrons. The van der Waals surface area contributed by atoms with E-state index in [-0.39, 0.29) is 5.91 Å². The fraction of sp³-hybridized carbons (Fsp3) is 0.333. The number of amides is 1. The van der Waals surface area contributed by atoms with E-state index in [1.54, 1.807) is 37.3 Å². The van der Waals surface area contributed by atoms with Crippen LogP contribution in [-0.4, -0.2) is 41.5 Å². The summed E-state index contributed by atoms with van der Waals surface area (Å²) in [5.74, 6) is 0.892. The molecule has 0 saturated heterocycles. The Morgan fingerprint density at radius 2 is 2.05 bits per heavy atom. The van der Waals surface area contributed by atoms with Gasteiger partial charge >= 0.3 is 0 Å². The first-order valence-corrected chi connectivity index (χ1v) is 6.68. The average molecular weight is 287 g/mol. The van der Waals surface area contributed by atoms with Crippen molar-refractivity contribution < 1.29 is 4.79 Å². The van der Waals surface area contributed by atoms with Crippen molar-refractivity contribution in [3.8, 4) is 0 Å². The molecule has 0 spiro atoms. The molecule has 1 amide bonds. The summed E-state index contributed by atoms with van der Waals surface area (Å²) in [6, 6.07) is 5.33. The summed E-state index contributed by atoms with van der Waals surface area (Å²) in [5, 5.41) is 0. The second kappa shape index (κ2) is 5.87. The lowest BCUT2D eigenvalue weighted by molar-refractivity contribution is 0.0827. The van der Waals surface area contributed by atoms with E-state index in [0.717, 1.165) is 11.5 Å². The van der Waals surface area contributed by atoms with Crippen molar-refractivity contribution in [2.24, 2.45) is 7.05 Å². The number of benzene rings is 1. The number of carbonyl (C=O) groups excluding carboxylic acids is 1. The largest absolute Gasteiger partial charge is 0.397 e. The Morgan fingerprint density at radius 3 is 2.62 bits per heavy atom. The third-order valence-electron chi connectivity index (χ3n) is 3.39. The van der Waals surface area contributed by atoms with Gasteiger partial charge in [0, 0.05) is 46.1 Å². The fourth-order valence-electron chi connectivity index (χ4n) is 2.11. The van der Waals surface area contributed by atoms with Gasteiger partial charge in [0.25, 0.3) is 5.91 Å². The number of rotatable bonds is 4. The number of hydrogen-bond acceptors (Lipinski definition) is 4. The van der Waals surface area contributed by atoms with E-state index in [1.165, 1.54) is 0 Å². The van der Waals surface area contributed by atoms with Gasteiger partial charge in [0.15, 0.2) is 0 Å². The van der Waals surface area contributed by atoms with Crippen molar-refractivity contribution in [2.45, 2.75) is 6.54 Å². The number of nitrogen functional groups attached to an aromatic ring is 1. The van der Waals surface area contributed by atoms with Crippen LogP contribution < -0.4 is 10.6 Å². The second-order valence-corrected chi connectivity index (χ2v) is 5.28. The second-order valence-electron chi connectivity index (χ2n) is 5.28. The zero-order chi connectivity index (χ0) is 15.6. The van der Waals surface area contributed by atoms with Gasteiger partial charge in [-0.1, -0.05) is 0 Å². The SMILES string of the molecule is CN(C)C(=O)c1ccc(N)c(N(C)Cc2nccn2C)c1. The maximum absolute atomic E-state index is 12.1. The van der Waals surface area contributed by atoms with Crippen LogP contribution in [0.4, 0.5) is 11.4 Å². The standard InChI is InChI=1S/C15H21N5O/c1-18(2)15(21)11-5-6-12(16)13(9-11)20(4)10-14-17-7-8-19(14)3/h5-9H,10,16H2,1-4H3. The predicted molar refractivity (Wildman–Crippen MR) is 84.2 cm³/mol. The minimum atomic E-state index is -0.0401. The molecular weight excluding hydrogens is 266 g/mol. The molecular formula is C15H21N5O. The molecule has 0 atom stereocenters. The van der Waals surface area contributed by atoms with Crippen molar-refractivity contribution in [3.63, 3.8) is 0 Å². The Balaban J connectivity index is 2.28. The number of aromatic nitrogens is 2. The van der Waals surface area contributed by atoms with Gasteiger partial charge in [-0.05, 0) is 18.2 Å². The van der Waals surface area contributed by atoms with Crippen molar-refractivity contribution >= 4 is 17.3 Å². The summed E-state index contributed by atoms with van der Waals surface area (Å²) in [7, 11) is 7.35. The lowest BCUT2D eigenvalue weighted by Gasteiger charge is -2.22. The van der Waals surface area contributed by atoms with Crippen LogP contribution in [0, 0.1) is 0 Å². The van der Waals surface area contributed by atoms with E-state index in [9.17, 15) is 4.79 Å². The maximum Gasteiger partial charge on any atom is 0.253 e. The van der Waals surface area contributed by atoms with Crippen molar-refractivity contribution in [1.29, 1.82) is 0 Å². The molecule has 6 heteroatoms. The van der Waals surface area contributed by atoms with Crippen molar-refractivity contribution in [1.82, 2.24) is 14.5 Å². The van der Waals surface area contributed by atoms with Gasteiger partial charge in [-0.15, -0.1) is 0 Å². The molecule has 21 heavy (non-hydrogen) atoms. The number of nitrogens with zero attached hydrogens (tertiary/aromatic N) is 4. The van der Waals surface area contributed by atoms with Gasteiger partial charge < -0.3 is 20.1 Å². The first-order chi connectivity index (χ1) is 9.90. The fourth-order valence-corrected chi connectivity index (χ4v) is 2.11. The first-order valence-electron chi connectivity index (χ1n) is 6.68. The lowest BCUT2D eigenvalue weighted by atomic mass is 10.1. The summed E-state index contributed by atoms with van der Waals surface area (Å²) in [5.41, 5.74) is 8.13. The van der Waals surface area contributed by atoms with E-state index >= 15 is 0 Å². The van der Waals surface area contributed by atoms with Crippen LogP contribution in [0.1, 0.15) is 16.2 Å². The van der Waals surface area contributed by atoms with Gasteiger partial charge in [0.1, 0.15) is 5.82 Å². The van der Waals surface area contributed by atoms with Crippen LogP contribution in [0.2, 0.25) is 0 Å². The average Bonchev–Trinajstić information content (AvgIpc) is 2.83. The Kier molecular flexibility index (Phi) is 4.16. The predicted octanol–water partition coefficient (Wildman–Crippen LogP) is 1.34. The van der Waals surface area contributed by atoms with Crippen LogP contribution in [0.15, 0.2) is 30.6 Å². The number of carbonyl (C=O) groups is 1. The third kappa shape index (κ3) is 3.16. The number of aryl methyl sites for hydroxylation is 1. The molecule has 1 heterocycles. The summed E-state index contributed by atoms with van der Waals surface area (Å²) in [6.45, 7) is 0.618. The van der Waals surface area contributed by atoms with Crippen LogP contribution >= 0.6 is 0 Å².